The minimum Gasteiger partial charge on any atom is -0.341 e. The first-order valence-corrected chi connectivity index (χ1v) is 6.72. The van der Waals surface area contributed by atoms with Crippen molar-refractivity contribution in [3.8, 4) is 5.69 Å². The van der Waals surface area contributed by atoms with Crippen LogP contribution in [0.4, 0.5) is 5.95 Å². The largest absolute Gasteiger partial charge is 0.341 e. The minimum absolute atomic E-state index is 0.596. The topological polar surface area (TPSA) is 36.9 Å². The Morgan fingerprint density at radius 2 is 2.06 bits per heavy atom. The predicted molar refractivity (Wildman–Crippen MR) is 75.2 cm³/mol. The molecule has 1 aromatic heterocycles. The Kier molecular flexibility index (Phi) is 3.09. The van der Waals surface area contributed by atoms with E-state index in [0.29, 0.717) is 9.79 Å². The van der Waals surface area contributed by atoms with Crippen molar-refractivity contribution in [2.24, 2.45) is 0 Å². The molecule has 1 saturated heterocycles. The molecule has 3 rings (SSSR count). The number of nitrogens with one attached hydrogen (secondary N) is 1. The van der Waals surface area contributed by atoms with Gasteiger partial charge >= 0.3 is 0 Å². The maximum Gasteiger partial charge on any atom is 0.230 e. The number of hydrogen-bond acceptors (Lipinski definition) is 3. The Labute approximate surface area is 115 Å². The molecule has 4 nitrogen and oxygen atoms in total. The molecule has 1 aliphatic rings. The molecule has 0 atom stereocenters. The van der Waals surface area contributed by atoms with E-state index in [4.69, 9.17) is 23.8 Å². The van der Waals surface area contributed by atoms with Crippen molar-refractivity contribution in [3.63, 3.8) is 0 Å². The molecular weight excluding hydrogens is 268 g/mol. The van der Waals surface area contributed by atoms with E-state index in [9.17, 15) is 0 Å². The highest BCUT2D eigenvalue weighted by Gasteiger charge is 2.19. The second kappa shape index (κ2) is 4.74. The van der Waals surface area contributed by atoms with Gasteiger partial charge in [-0.2, -0.15) is 0 Å². The van der Waals surface area contributed by atoms with Gasteiger partial charge in [-0.3, -0.25) is 4.57 Å². The van der Waals surface area contributed by atoms with Crippen LogP contribution in [0.1, 0.15) is 12.8 Å². The molecule has 0 aliphatic carbocycles. The number of benzene rings is 1. The number of rotatable bonds is 2. The molecule has 1 aliphatic heterocycles. The molecule has 2 heterocycles. The van der Waals surface area contributed by atoms with Crippen LogP contribution in [-0.2, 0) is 0 Å². The van der Waals surface area contributed by atoms with Gasteiger partial charge in [-0.15, -0.1) is 5.10 Å². The summed E-state index contributed by atoms with van der Waals surface area (Å²) in [4.78, 5) is 2.24. The van der Waals surface area contributed by atoms with E-state index in [1.54, 1.807) is 0 Å². The van der Waals surface area contributed by atoms with E-state index in [-0.39, 0.29) is 0 Å². The van der Waals surface area contributed by atoms with Crippen LogP contribution in [0.15, 0.2) is 24.3 Å². The highest BCUT2D eigenvalue weighted by molar-refractivity contribution is 7.71. The van der Waals surface area contributed by atoms with Crippen LogP contribution in [0.25, 0.3) is 5.69 Å². The lowest BCUT2D eigenvalue weighted by atomic mass is 10.3. The number of H-pyrrole nitrogens is 1. The van der Waals surface area contributed by atoms with Gasteiger partial charge < -0.3 is 4.90 Å². The van der Waals surface area contributed by atoms with Crippen molar-refractivity contribution in [1.82, 2.24) is 14.8 Å². The number of anilines is 1. The summed E-state index contributed by atoms with van der Waals surface area (Å²) >= 11 is 11.3. The van der Waals surface area contributed by atoms with Gasteiger partial charge in [0.25, 0.3) is 0 Å². The summed E-state index contributed by atoms with van der Waals surface area (Å²) in [7, 11) is 0. The molecule has 1 aromatic carbocycles. The zero-order valence-electron chi connectivity index (χ0n) is 9.77. The molecule has 1 fully saturated rings. The van der Waals surface area contributed by atoms with Crippen molar-refractivity contribution in [3.05, 3.63) is 34.1 Å². The van der Waals surface area contributed by atoms with Crippen molar-refractivity contribution in [1.29, 1.82) is 0 Å². The molecule has 0 radical (unpaired) electrons. The Balaban J connectivity index is 2.10. The highest BCUT2D eigenvalue weighted by Crippen LogP contribution is 2.23. The fraction of sp³-hybridized carbons (Fsp3) is 0.333. The summed E-state index contributed by atoms with van der Waals surface area (Å²) in [5.41, 5.74) is 0.947. The van der Waals surface area contributed by atoms with Gasteiger partial charge in [0.05, 0.1) is 5.69 Å². The second-order valence-corrected chi connectivity index (χ2v) is 5.16. The molecule has 2 aromatic rings. The van der Waals surface area contributed by atoms with Gasteiger partial charge in [-0.1, -0.05) is 17.7 Å². The number of nitrogens with zero attached hydrogens (tertiary/aromatic N) is 3. The summed E-state index contributed by atoms with van der Waals surface area (Å²) in [5.74, 6) is 0.875. The van der Waals surface area contributed by atoms with E-state index in [1.165, 1.54) is 12.8 Å². The quantitative estimate of drug-likeness (QED) is 0.859. The number of halogens is 1. The Hall–Kier alpha value is -1.33. The van der Waals surface area contributed by atoms with Crippen LogP contribution in [0.3, 0.4) is 0 Å². The zero-order valence-corrected chi connectivity index (χ0v) is 11.3. The summed E-state index contributed by atoms with van der Waals surface area (Å²) in [6.45, 7) is 2.06. The highest BCUT2D eigenvalue weighted by atomic mass is 35.5. The molecule has 1 N–H and O–H groups in total. The van der Waals surface area contributed by atoms with Gasteiger partial charge in [0, 0.05) is 18.1 Å². The molecule has 0 unspecified atom stereocenters. The van der Waals surface area contributed by atoms with Crippen LogP contribution < -0.4 is 4.90 Å². The first-order chi connectivity index (χ1) is 8.75. The van der Waals surface area contributed by atoms with E-state index in [1.807, 2.05) is 28.8 Å². The van der Waals surface area contributed by atoms with Crippen molar-refractivity contribution < 1.29 is 0 Å². The van der Waals surface area contributed by atoms with Crippen molar-refractivity contribution in [2.45, 2.75) is 12.8 Å². The molecule has 18 heavy (non-hydrogen) atoms. The van der Waals surface area contributed by atoms with Gasteiger partial charge in [-0.25, -0.2) is 5.10 Å². The summed E-state index contributed by atoms with van der Waals surface area (Å²) in [5, 5.41) is 7.89. The van der Waals surface area contributed by atoms with Crippen LogP contribution in [0.5, 0.6) is 0 Å². The average molecular weight is 281 g/mol. The van der Waals surface area contributed by atoms with E-state index >= 15 is 0 Å². The second-order valence-electron chi connectivity index (χ2n) is 4.34. The van der Waals surface area contributed by atoms with Gasteiger partial charge in [0.2, 0.25) is 10.7 Å². The Bertz CT molecular complexity index is 613. The lowest BCUT2D eigenvalue weighted by Gasteiger charge is -2.17. The fourth-order valence-electron chi connectivity index (χ4n) is 2.27. The first-order valence-electron chi connectivity index (χ1n) is 5.94. The summed E-state index contributed by atoms with van der Waals surface area (Å²) in [6.07, 6.45) is 2.41. The lowest BCUT2D eigenvalue weighted by Crippen LogP contribution is -2.21. The lowest BCUT2D eigenvalue weighted by molar-refractivity contribution is 0.869. The molecule has 0 spiro atoms. The smallest absolute Gasteiger partial charge is 0.230 e. The summed E-state index contributed by atoms with van der Waals surface area (Å²) in [6, 6.07) is 7.65. The third kappa shape index (κ3) is 2.04. The number of aromatic amines is 1. The van der Waals surface area contributed by atoms with Crippen LogP contribution in [0.2, 0.25) is 5.02 Å². The van der Waals surface area contributed by atoms with E-state index in [0.717, 1.165) is 24.7 Å². The van der Waals surface area contributed by atoms with Crippen molar-refractivity contribution >= 4 is 29.8 Å². The van der Waals surface area contributed by atoms with Crippen LogP contribution in [-0.4, -0.2) is 27.9 Å². The van der Waals surface area contributed by atoms with E-state index in [2.05, 4.69) is 15.1 Å². The molecule has 6 heteroatoms. The third-order valence-electron chi connectivity index (χ3n) is 3.11. The molecular formula is C12H13ClN4S. The SMILES string of the molecule is S=c1[nH]nc(N2CCCC2)n1-c1cccc(Cl)c1. The Morgan fingerprint density at radius 3 is 2.78 bits per heavy atom. The van der Waals surface area contributed by atoms with Gasteiger partial charge in [0.15, 0.2) is 0 Å². The number of aromatic nitrogens is 3. The van der Waals surface area contributed by atoms with E-state index < -0.39 is 0 Å². The third-order valence-corrected chi connectivity index (χ3v) is 3.62. The van der Waals surface area contributed by atoms with Gasteiger partial charge in [-0.05, 0) is 43.3 Å². The fourth-order valence-corrected chi connectivity index (χ4v) is 2.68. The molecule has 94 valence electrons. The number of hydrogen-bond donors (Lipinski definition) is 1. The maximum atomic E-state index is 6.03. The summed E-state index contributed by atoms with van der Waals surface area (Å²) < 4.78 is 2.53. The first kappa shape index (κ1) is 11.7. The van der Waals surface area contributed by atoms with Crippen LogP contribution in [0, 0.1) is 4.77 Å². The predicted octanol–water partition coefficient (Wildman–Crippen LogP) is 3.18. The molecule has 0 saturated carbocycles. The average Bonchev–Trinajstić information content (AvgIpc) is 2.97. The van der Waals surface area contributed by atoms with Crippen LogP contribution >= 0.6 is 23.8 Å². The monoisotopic (exact) mass is 280 g/mol. The Morgan fingerprint density at radius 1 is 1.28 bits per heavy atom. The minimum atomic E-state index is 0.596. The maximum absolute atomic E-state index is 6.03. The zero-order chi connectivity index (χ0) is 12.5. The van der Waals surface area contributed by atoms with Gasteiger partial charge in [0.1, 0.15) is 0 Å². The normalized spacial score (nSPS) is 15.3. The molecule has 0 amide bonds. The van der Waals surface area contributed by atoms with Crippen molar-refractivity contribution in [2.75, 3.05) is 18.0 Å². The standard InChI is InChI=1S/C12H13ClN4S/c13-9-4-3-5-10(8-9)17-11(14-15-12(17)18)16-6-1-2-7-16/h3-5,8H,1-2,6-7H2,(H,15,18). The molecule has 0 bridgehead atoms.